The fourth-order valence-electron chi connectivity index (χ4n) is 1.70. The number of nitrogens with two attached hydrogens (primary N) is 1. The number of hydrogen-bond donors (Lipinski definition) is 3. The van der Waals surface area contributed by atoms with Crippen LogP contribution in [0.15, 0.2) is 24.3 Å². The first-order valence-electron chi connectivity index (χ1n) is 6.38. The van der Waals surface area contributed by atoms with Gasteiger partial charge in [0, 0.05) is 12.1 Å². The van der Waals surface area contributed by atoms with Gasteiger partial charge >= 0.3 is 5.97 Å². The highest BCUT2D eigenvalue weighted by atomic mass is 32.2. The summed E-state index contributed by atoms with van der Waals surface area (Å²) in [6, 6.07) is 6.49. The normalized spacial score (nSPS) is 11.8. The number of aliphatic carboxylic acids is 1. The van der Waals surface area contributed by atoms with Gasteiger partial charge in [-0.1, -0.05) is 12.1 Å². The Morgan fingerprint density at radius 2 is 2.00 bits per heavy atom. The first-order chi connectivity index (χ1) is 9.52. The fraction of sp³-hybridized carbons (Fsp3) is 0.429. The van der Waals surface area contributed by atoms with Crippen LogP contribution in [-0.4, -0.2) is 35.0 Å². The highest BCUT2D eigenvalue weighted by Gasteiger charge is 2.18. The maximum Gasteiger partial charge on any atom is 0.326 e. The van der Waals surface area contributed by atoms with Gasteiger partial charge in [-0.3, -0.25) is 4.79 Å². The molecule has 1 amide bonds. The van der Waals surface area contributed by atoms with E-state index in [1.807, 2.05) is 18.4 Å². The monoisotopic (exact) mass is 296 g/mol. The number of carboxylic acids is 1. The molecule has 0 radical (unpaired) electrons. The zero-order chi connectivity index (χ0) is 15.0. The molecule has 0 aliphatic carbocycles. The molecule has 0 heterocycles. The van der Waals surface area contributed by atoms with Gasteiger partial charge in [0.05, 0.1) is 0 Å². The second kappa shape index (κ2) is 8.47. The van der Waals surface area contributed by atoms with Crippen LogP contribution in [0.1, 0.15) is 18.4 Å². The molecule has 0 fully saturated rings. The van der Waals surface area contributed by atoms with Gasteiger partial charge in [-0.2, -0.15) is 11.8 Å². The highest BCUT2D eigenvalue weighted by molar-refractivity contribution is 7.98. The Kier molecular flexibility index (Phi) is 6.93. The van der Waals surface area contributed by atoms with Crippen LogP contribution in [0.3, 0.4) is 0 Å². The quantitative estimate of drug-likeness (QED) is 0.633. The molecule has 1 rings (SSSR count). The van der Waals surface area contributed by atoms with Gasteiger partial charge in [0.2, 0.25) is 5.91 Å². The van der Waals surface area contributed by atoms with E-state index in [9.17, 15) is 9.59 Å². The molecule has 0 aromatic heterocycles. The minimum Gasteiger partial charge on any atom is -0.480 e. The molecule has 0 saturated carbocycles. The molecule has 1 aromatic carbocycles. The number of hydrogen-bond acceptors (Lipinski definition) is 4. The molecule has 6 heteroatoms. The lowest BCUT2D eigenvalue weighted by atomic mass is 10.1. The molecular weight excluding hydrogens is 276 g/mol. The molecule has 110 valence electrons. The Morgan fingerprint density at radius 3 is 2.55 bits per heavy atom. The maximum absolute atomic E-state index is 11.8. The van der Waals surface area contributed by atoms with Gasteiger partial charge in [-0.15, -0.1) is 0 Å². The Morgan fingerprint density at radius 1 is 1.35 bits per heavy atom. The van der Waals surface area contributed by atoms with Crippen molar-refractivity contribution in [2.45, 2.75) is 25.3 Å². The molecule has 5 nitrogen and oxygen atoms in total. The lowest BCUT2D eigenvalue weighted by Crippen LogP contribution is -2.41. The largest absolute Gasteiger partial charge is 0.480 e. The molecule has 1 unspecified atom stereocenters. The fourth-order valence-corrected chi connectivity index (χ4v) is 2.17. The third-order valence-corrected chi connectivity index (χ3v) is 3.51. The lowest BCUT2D eigenvalue weighted by Gasteiger charge is -2.13. The summed E-state index contributed by atoms with van der Waals surface area (Å²) in [5.74, 6) is -0.523. The summed E-state index contributed by atoms with van der Waals surface area (Å²) in [7, 11) is 0. The number of nitrogens with one attached hydrogen (secondary N) is 1. The third-order valence-electron chi connectivity index (χ3n) is 2.86. The molecule has 1 atom stereocenters. The predicted molar refractivity (Wildman–Crippen MR) is 81.7 cm³/mol. The Labute approximate surface area is 122 Å². The van der Waals surface area contributed by atoms with Crippen molar-refractivity contribution in [1.82, 2.24) is 5.32 Å². The van der Waals surface area contributed by atoms with Crippen LogP contribution < -0.4 is 11.1 Å². The number of anilines is 1. The number of carbonyl (C=O) groups is 2. The van der Waals surface area contributed by atoms with Crippen molar-refractivity contribution in [3.63, 3.8) is 0 Å². The number of amides is 1. The predicted octanol–water partition coefficient (Wildman–Crippen LogP) is 1.52. The van der Waals surface area contributed by atoms with E-state index in [0.717, 1.165) is 5.56 Å². The van der Waals surface area contributed by atoms with E-state index in [0.29, 0.717) is 24.3 Å². The van der Waals surface area contributed by atoms with E-state index in [-0.39, 0.29) is 12.3 Å². The number of rotatable bonds is 8. The van der Waals surface area contributed by atoms with Crippen molar-refractivity contribution in [2.75, 3.05) is 17.7 Å². The van der Waals surface area contributed by atoms with Crippen LogP contribution in [0.4, 0.5) is 5.69 Å². The van der Waals surface area contributed by atoms with Crippen molar-refractivity contribution in [1.29, 1.82) is 0 Å². The Hall–Kier alpha value is -1.69. The summed E-state index contributed by atoms with van der Waals surface area (Å²) in [5.41, 5.74) is 7.27. The molecule has 0 saturated heterocycles. The summed E-state index contributed by atoms with van der Waals surface area (Å²) >= 11 is 1.56. The van der Waals surface area contributed by atoms with E-state index in [4.69, 9.17) is 10.8 Å². The molecule has 4 N–H and O–H groups in total. The van der Waals surface area contributed by atoms with Gasteiger partial charge in [-0.25, -0.2) is 4.79 Å². The van der Waals surface area contributed by atoms with Crippen LogP contribution in [0.25, 0.3) is 0 Å². The zero-order valence-corrected chi connectivity index (χ0v) is 12.3. The number of carboxylic acid groups (broad SMARTS) is 1. The van der Waals surface area contributed by atoms with E-state index in [1.165, 1.54) is 0 Å². The zero-order valence-electron chi connectivity index (χ0n) is 11.5. The standard InChI is InChI=1S/C14H20N2O3S/c1-20-9-8-12(14(18)19)16-13(17)7-4-10-2-5-11(15)6-3-10/h2-3,5-6,12H,4,7-9,15H2,1H3,(H,16,17)(H,18,19). The van der Waals surface area contributed by atoms with Crippen molar-refractivity contribution in [3.05, 3.63) is 29.8 Å². The second-order valence-corrected chi connectivity index (χ2v) is 5.47. The number of aryl methyl sites for hydroxylation is 1. The van der Waals surface area contributed by atoms with Crippen molar-refractivity contribution < 1.29 is 14.7 Å². The van der Waals surface area contributed by atoms with E-state index in [1.54, 1.807) is 23.9 Å². The molecule has 0 spiro atoms. The van der Waals surface area contributed by atoms with Gasteiger partial charge < -0.3 is 16.2 Å². The summed E-state index contributed by atoms with van der Waals surface area (Å²) < 4.78 is 0. The van der Waals surface area contributed by atoms with Gasteiger partial charge in [0.15, 0.2) is 0 Å². The van der Waals surface area contributed by atoms with Crippen molar-refractivity contribution in [2.24, 2.45) is 0 Å². The third kappa shape index (κ3) is 5.97. The maximum atomic E-state index is 11.8. The second-order valence-electron chi connectivity index (χ2n) is 4.48. The molecule has 0 aliphatic rings. The number of benzene rings is 1. The van der Waals surface area contributed by atoms with Gasteiger partial charge in [0.1, 0.15) is 6.04 Å². The van der Waals surface area contributed by atoms with Crippen LogP contribution >= 0.6 is 11.8 Å². The highest BCUT2D eigenvalue weighted by Crippen LogP contribution is 2.08. The lowest BCUT2D eigenvalue weighted by molar-refractivity contribution is -0.141. The van der Waals surface area contributed by atoms with Crippen LogP contribution in [0, 0.1) is 0 Å². The summed E-state index contributed by atoms with van der Waals surface area (Å²) in [6.45, 7) is 0. The summed E-state index contributed by atoms with van der Waals surface area (Å²) in [5, 5.41) is 11.6. The minimum atomic E-state index is -0.986. The molecule has 20 heavy (non-hydrogen) atoms. The van der Waals surface area contributed by atoms with E-state index >= 15 is 0 Å². The van der Waals surface area contributed by atoms with Gasteiger partial charge in [-0.05, 0) is 42.5 Å². The van der Waals surface area contributed by atoms with Crippen molar-refractivity contribution >= 4 is 29.3 Å². The number of nitrogen functional groups attached to an aromatic ring is 1. The Balaban J connectivity index is 2.41. The number of carbonyl (C=O) groups excluding carboxylic acids is 1. The molecule has 1 aromatic rings. The SMILES string of the molecule is CSCCC(NC(=O)CCc1ccc(N)cc1)C(=O)O. The first kappa shape index (κ1) is 16.4. The average molecular weight is 296 g/mol. The van der Waals surface area contributed by atoms with E-state index in [2.05, 4.69) is 5.32 Å². The molecule has 0 aliphatic heterocycles. The minimum absolute atomic E-state index is 0.240. The van der Waals surface area contributed by atoms with E-state index < -0.39 is 12.0 Å². The first-order valence-corrected chi connectivity index (χ1v) is 7.78. The van der Waals surface area contributed by atoms with Crippen LogP contribution in [0.2, 0.25) is 0 Å². The molecular formula is C14H20N2O3S. The summed E-state index contributed by atoms with van der Waals surface area (Å²) in [6.07, 6.45) is 3.18. The van der Waals surface area contributed by atoms with Crippen molar-refractivity contribution in [3.8, 4) is 0 Å². The Bertz CT molecular complexity index is 448. The smallest absolute Gasteiger partial charge is 0.326 e. The number of thioether (sulfide) groups is 1. The summed E-state index contributed by atoms with van der Waals surface area (Å²) in [4.78, 5) is 22.8. The average Bonchev–Trinajstić information content (AvgIpc) is 2.42. The molecule has 0 bridgehead atoms. The van der Waals surface area contributed by atoms with Crippen LogP contribution in [0.5, 0.6) is 0 Å². The topological polar surface area (TPSA) is 92.4 Å². The van der Waals surface area contributed by atoms with Gasteiger partial charge in [0.25, 0.3) is 0 Å². The van der Waals surface area contributed by atoms with Crippen LogP contribution in [-0.2, 0) is 16.0 Å².